The van der Waals surface area contributed by atoms with Crippen molar-refractivity contribution in [3.63, 3.8) is 0 Å². The maximum atomic E-state index is 10.7. The Hall–Kier alpha value is -1.35. The first kappa shape index (κ1) is 12.1. The predicted octanol–water partition coefficient (Wildman–Crippen LogP) is 2.42. The highest BCUT2D eigenvalue weighted by atomic mass is 16.5. The van der Waals surface area contributed by atoms with Gasteiger partial charge in [0.05, 0.1) is 12.2 Å². The van der Waals surface area contributed by atoms with Gasteiger partial charge >= 0.3 is 0 Å². The van der Waals surface area contributed by atoms with Crippen LogP contribution in [0.25, 0.3) is 0 Å². The van der Waals surface area contributed by atoms with E-state index in [9.17, 15) is 4.79 Å². The molecule has 0 aliphatic carbocycles. The van der Waals surface area contributed by atoms with E-state index in [1.165, 1.54) is 5.69 Å². The third-order valence-electron chi connectivity index (χ3n) is 3.12. The van der Waals surface area contributed by atoms with Gasteiger partial charge in [-0.1, -0.05) is 0 Å². The zero-order chi connectivity index (χ0) is 12.4. The molecule has 1 aromatic carbocycles. The Bertz CT molecular complexity index is 407. The normalized spacial score (nSPS) is 24.8. The summed E-state index contributed by atoms with van der Waals surface area (Å²) < 4.78 is 5.72. The van der Waals surface area contributed by atoms with Crippen LogP contribution in [0.2, 0.25) is 0 Å². The Balaban J connectivity index is 2.24. The van der Waals surface area contributed by atoms with E-state index in [0.29, 0.717) is 0 Å². The molecule has 2 rings (SSSR count). The average molecular weight is 233 g/mol. The molecule has 1 heterocycles. The van der Waals surface area contributed by atoms with Crippen molar-refractivity contribution in [1.29, 1.82) is 0 Å². The summed E-state index contributed by atoms with van der Waals surface area (Å²) in [4.78, 5) is 13.1. The van der Waals surface area contributed by atoms with Crippen LogP contribution in [0.1, 0.15) is 29.8 Å². The van der Waals surface area contributed by atoms with E-state index in [2.05, 4.69) is 18.7 Å². The number of carbonyl (C=O) groups is 1. The zero-order valence-corrected chi connectivity index (χ0v) is 10.6. The fraction of sp³-hybridized carbons (Fsp3) is 0.500. The standard InChI is InChI=1S/C14H19NO2/c1-10-6-13(9-16)4-5-14(10)15-7-11(2)17-12(3)8-15/h4-6,9,11-12H,7-8H2,1-3H3. The minimum Gasteiger partial charge on any atom is -0.372 e. The van der Waals surface area contributed by atoms with Gasteiger partial charge in [-0.3, -0.25) is 4.79 Å². The number of morpholine rings is 1. The summed E-state index contributed by atoms with van der Waals surface area (Å²) in [6.07, 6.45) is 1.40. The van der Waals surface area contributed by atoms with Crippen LogP contribution in [0.5, 0.6) is 0 Å². The molecule has 0 saturated carbocycles. The molecule has 3 nitrogen and oxygen atoms in total. The lowest BCUT2D eigenvalue weighted by Gasteiger charge is -2.37. The van der Waals surface area contributed by atoms with E-state index >= 15 is 0 Å². The lowest BCUT2D eigenvalue weighted by Crippen LogP contribution is -2.45. The molecular formula is C14H19NO2. The second-order valence-electron chi connectivity index (χ2n) is 4.83. The number of ether oxygens (including phenoxy) is 1. The second kappa shape index (κ2) is 4.88. The monoisotopic (exact) mass is 233 g/mol. The van der Waals surface area contributed by atoms with E-state index in [1.807, 2.05) is 25.1 Å². The lowest BCUT2D eigenvalue weighted by atomic mass is 10.1. The zero-order valence-electron chi connectivity index (χ0n) is 10.6. The maximum Gasteiger partial charge on any atom is 0.150 e. The number of carbonyl (C=O) groups excluding carboxylic acids is 1. The number of aldehydes is 1. The Kier molecular flexibility index (Phi) is 3.48. The lowest BCUT2D eigenvalue weighted by molar-refractivity contribution is -0.00524. The molecule has 0 N–H and O–H groups in total. The van der Waals surface area contributed by atoms with Crippen molar-refractivity contribution in [3.8, 4) is 0 Å². The van der Waals surface area contributed by atoms with Crippen LogP contribution in [0.3, 0.4) is 0 Å². The van der Waals surface area contributed by atoms with Gasteiger partial charge in [-0.05, 0) is 44.5 Å². The van der Waals surface area contributed by atoms with E-state index in [0.717, 1.165) is 30.5 Å². The molecule has 2 unspecified atom stereocenters. The van der Waals surface area contributed by atoms with Gasteiger partial charge in [0.2, 0.25) is 0 Å². The van der Waals surface area contributed by atoms with Crippen LogP contribution in [-0.4, -0.2) is 31.6 Å². The molecule has 0 spiro atoms. The third kappa shape index (κ3) is 2.67. The molecule has 1 fully saturated rings. The van der Waals surface area contributed by atoms with Gasteiger partial charge in [0.25, 0.3) is 0 Å². The minimum atomic E-state index is 0.254. The molecule has 92 valence electrons. The Morgan fingerprint density at radius 2 is 1.94 bits per heavy atom. The third-order valence-corrected chi connectivity index (χ3v) is 3.12. The molecule has 1 aliphatic heterocycles. The van der Waals surface area contributed by atoms with Crippen molar-refractivity contribution in [2.75, 3.05) is 18.0 Å². The highest BCUT2D eigenvalue weighted by Gasteiger charge is 2.23. The summed E-state index contributed by atoms with van der Waals surface area (Å²) in [6, 6.07) is 5.84. The Morgan fingerprint density at radius 1 is 1.29 bits per heavy atom. The first-order chi connectivity index (χ1) is 8.10. The molecule has 1 saturated heterocycles. The van der Waals surface area contributed by atoms with Crippen molar-refractivity contribution in [2.45, 2.75) is 33.0 Å². The fourth-order valence-corrected chi connectivity index (χ4v) is 2.48. The van der Waals surface area contributed by atoms with Crippen molar-refractivity contribution < 1.29 is 9.53 Å². The Morgan fingerprint density at radius 3 is 2.47 bits per heavy atom. The minimum absolute atomic E-state index is 0.254. The summed E-state index contributed by atoms with van der Waals surface area (Å²) >= 11 is 0. The van der Waals surface area contributed by atoms with Gasteiger partial charge in [0, 0.05) is 24.3 Å². The fourth-order valence-electron chi connectivity index (χ4n) is 2.48. The van der Waals surface area contributed by atoms with Crippen LogP contribution < -0.4 is 4.90 Å². The quantitative estimate of drug-likeness (QED) is 0.735. The molecule has 2 atom stereocenters. The largest absolute Gasteiger partial charge is 0.372 e. The first-order valence-electron chi connectivity index (χ1n) is 6.06. The average Bonchev–Trinajstić information content (AvgIpc) is 2.27. The van der Waals surface area contributed by atoms with E-state index < -0.39 is 0 Å². The van der Waals surface area contributed by atoms with Gasteiger partial charge in [0.15, 0.2) is 0 Å². The number of nitrogens with zero attached hydrogens (tertiary/aromatic N) is 1. The summed E-state index contributed by atoms with van der Waals surface area (Å²) in [7, 11) is 0. The van der Waals surface area contributed by atoms with Crippen molar-refractivity contribution >= 4 is 12.0 Å². The Labute approximate surface area is 102 Å². The SMILES string of the molecule is Cc1cc(C=O)ccc1N1CC(C)OC(C)C1. The number of rotatable bonds is 2. The maximum absolute atomic E-state index is 10.7. The summed E-state index contributed by atoms with van der Waals surface area (Å²) in [6.45, 7) is 8.06. The van der Waals surface area contributed by atoms with Crippen molar-refractivity contribution in [1.82, 2.24) is 0 Å². The number of aryl methyl sites for hydroxylation is 1. The molecule has 1 aliphatic rings. The molecule has 17 heavy (non-hydrogen) atoms. The van der Waals surface area contributed by atoms with Crippen molar-refractivity contribution in [2.24, 2.45) is 0 Å². The van der Waals surface area contributed by atoms with Gasteiger partial charge in [0.1, 0.15) is 6.29 Å². The molecule has 0 bridgehead atoms. The molecule has 1 aromatic rings. The van der Waals surface area contributed by atoms with Crippen LogP contribution in [0.15, 0.2) is 18.2 Å². The van der Waals surface area contributed by atoms with Gasteiger partial charge < -0.3 is 9.64 Å². The second-order valence-corrected chi connectivity index (χ2v) is 4.83. The van der Waals surface area contributed by atoms with Crippen LogP contribution >= 0.6 is 0 Å². The smallest absolute Gasteiger partial charge is 0.150 e. The highest BCUT2D eigenvalue weighted by Crippen LogP contribution is 2.24. The molecule has 0 aromatic heterocycles. The van der Waals surface area contributed by atoms with Crippen LogP contribution in [0, 0.1) is 6.92 Å². The van der Waals surface area contributed by atoms with Gasteiger partial charge in [-0.25, -0.2) is 0 Å². The van der Waals surface area contributed by atoms with Crippen LogP contribution in [-0.2, 0) is 4.74 Å². The molecule has 3 heteroatoms. The van der Waals surface area contributed by atoms with Crippen LogP contribution in [0.4, 0.5) is 5.69 Å². The molecule has 0 amide bonds. The molecule has 0 radical (unpaired) electrons. The summed E-state index contributed by atoms with van der Waals surface area (Å²) in [5.41, 5.74) is 3.09. The van der Waals surface area contributed by atoms with Gasteiger partial charge in [-0.2, -0.15) is 0 Å². The van der Waals surface area contributed by atoms with E-state index in [1.54, 1.807) is 0 Å². The summed E-state index contributed by atoms with van der Waals surface area (Å²) in [5, 5.41) is 0. The van der Waals surface area contributed by atoms with Gasteiger partial charge in [-0.15, -0.1) is 0 Å². The van der Waals surface area contributed by atoms with E-state index in [-0.39, 0.29) is 12.2 Å². The number of hydrogen-bond donors (Lipinski definition) is 0. The molecular weight excluding hydrogens is 214 g/mol. The first-order valence-corrected chi connectivity index (χ1v) is 6.06. The summed E-state index contributed by atoms with van der Waals surface area (Å²) in [5.74, 6) is 0. The van der Waals surface area contributed by atoms with E-state index in [4.69, 9.17) is 4.74 Å². The highest BCUT2D eigenvalue weighted by molar-refractivity contribution is 5.77. The van der Waals surface area contributed by atoms with Crippen molar-refractivity contribution in [3.05, 3.63) is 29.3 Å². The number of hydrogen-bond acceptors (Lipinski definition) is 3. The predicted molar refractivity (Wildman–Crippen MR) is 68.8 cm³/mol. The number of anilines is 1. The topological polar surface area (TPSA) is 29.5 Å². The number of benzene rings is 1.